The Morgan fingerprint density at radius 1 is 0.844 bits per heavy atom. The molecular formula is C27H48N2O3. The van der Waals surface area contributed by atoms with Crippen LogP contribution in [0.5, 0.6) is 0 Å². The summed E-state index contributed by atoms with van der Waals surface area (Å²) in [6, 6.07) is -0.114. The molecule has 0 bridgehead atoms. The molecule has 0 saturated carbocycles. The highest BCUT2D eigenvalue weighted by Gasteiger charge is 2.55. The zero-order valence-corrected chi connectivity index (χ0v) is 21.7. The highest BCUT2D eigenvalue weighted by Crippen LogP contribution is 2.47. The maximum absolute atomic E-state index is 12.7. The van der Waals surface area contributed by atoms with E-state index < -0.39 is 11.1 Å². The Kier molecular flexibility index (Phi) is 9.78. The zero-order chi connectivity index (χ0) is 23.9. The molecule has 184 valence electrons. The number of amides is 3. The number of nitrogens with zero attached hydrogens (tertiary/aromatic N) is 2. The van der Waals surface area contributed by atoms with Crippen LogP contribution in [-0.4, -0.2) is 44.6 Å². The number of carbonyl (C=O) groups excluding carboxylic acids is 3. The van der Waals surface area contributed by atoms with Gasteiger partial charge in [-0.05, 0) is 40.5 Å². The summed E-state index contributed by atoms with van der Waals surface area (Å²) in [7, 11) is 0. The summed E-state index contributed by atoms with van der Waals surface area (Å²) in [5.41, 5.74) is -0.794. The number of unbranched alkanes of at least 4 members (excludes halogenated alkanes) is 9. The molecule has 0 aromatic carbocycles. The quantitative estimate of drug-likeness (QED) is 0.262. The standard InChI is InChI=1S/C27H48N2O3/c1-7-8-9-10-11-12-13-14-15-16-17-22-23(28-24(31)18-19-25(28)32)20-26(3,4)29(21(2)30)27(22,5)6/h22-23H,7-20H2,1-6H3. The topological polar surface area (TPSA) is 57.7 Å². The zero-order valence-electron chi connectivity index (χ0n) is 21.7. The Hall–Kier alpha value is -1.39. The first-order chi connectivity index (χ1) is 15.0. The molecule has 2 saturated heterocycles. The normalized spacial score (nSPS) is 24.9. The van der Waals surface area contributed by atoms with Crippen molar-refractivity contribution in [3.8, 4) is 0 Å². The smallest absolute Gasteiger partial charge is 0.229 e. The molecule has 3 amide bonds. The maximum Gasteiger partial charge on any atom is 0.229 e. The minimum absolute atomic E-state index is 0.0315. The molecule has 0 aliphatic carbocycles. The molecule has 5 heteroatoms. The highest BCUT2D eigenvalue weighted by atomic mass is 16.2. The van der Waals surface area contributed by atoms with Crippen LogP contribution in [0, 0.1) is 5.92 Å². The number of likely N-dealkylation sites (tertiary alicyclic amines) is 2. The van der Waals surface area contributed by atoms with Crippen molar-refractivity contribution < 1.29 is 14.4 Å². The fourth-order valence-electron chi connectivity index (χ4n) is 6.63. The van der Waals surface area contributed by atoms with E-state index in [4.69, 9.17) is 0 Å². The third kappa shape index (κ3) is 6.35. The molecule has 0 aromatic rings. The van der Waals surface area contributed by atoms with Crippen molar-refractivity contribution in [1.29, 1.82) is 0 Å². The molecule has 0 N–H and O–H groups in total. The van der Waals surface area contributed by atoms with E-state index in [-0.39, 0.29) is 29.7 Å². The van der Waals surface area contributed by atoms with Gasteiger partial charge in [-0.25, -0.2) is 0 Å². The third-order valence-electron chi connectivity index (χ3n) is 7.87. The van der Waals surface area contributed by atoms with Crippen molar-refractivity contribution in [2.75, 3.05) is 0 Å². The fourth-order valence-corrected chi connectivity index (χ4v) is 6.63. The average Bonchev–Trinajstić information content (AvgIpc) is 3.01. The Morgan fingerprint density at radius 3 is 1.78 bits per heavy atom. The van der Waals surface area contributed by atoms with Gasteiger partial charge in [-0.15, -0.1) is 0 Å². The van der Waals surface area contributed by atoms with E-state index in [1.807, 2.05) is 4.90 Å². The van der Waals surface area contributed by atoms with E-state index in [9.17, 15) is 14.4 Å². The van der Waals surface area contributed by atoms with Gasteiger partial charge in [0.25, 0.3) is 0 Å². The van der Waals surface area contributed by atoms with Crippen LogP contribution >= 0.6 is 0 Å². The van der Waals surface area contributed by atoms with Crippen LogP contribution in [-0.2, 0) is 14.4 Å². The van der Waals surface area contributed by atoms with Gasteiger partial charge in [-0.2, -0.15) is 0 Å². The molecule has 0 aromatic heterocycles. The van der Waals surface area contributed by atoms with Crippen LogP contribution in [0.3, 0.4) is 0 Å². The van der Waals surface area contributed by atoms with Gasteiger partial charge in [0.1, 0.15) is 0 Å². The molecule has 2 aliphatic rings. The summed E-state index contributed by atoms with van der Waals surface area (Å²) in [5.74, 6) is 0.122. The number of hydrogen-bond acceptors (Lipinski definition) is 3. The lowest BCUT2D eigenvalue weighted by Crippen LogP contribution is -2.70. The van der Waals surface area contributed by atoms with E-state index in [1.54, 1.807) is 11.8 Å². The van der Waals surface area contributed by atoms with Gasteiger partial charge < -0.3 is 4.90 Å². The Morgan fingerprint density at radius 2 is 1.31 bits per heavy atom. The summed E-state index contributed by atoms with van der Waals surface area (Å²) < 4.78 is 0. The van der Waals surface area contributed by atoms with Gasteiger partial charge in [-0.1, -0.05) is 71.1 Å². The summed E-state index contributed by atoms with van der Waals surface area (Å²) in [6.45, 7) is 12.3. The minimum Gasteiger partial charge on any atom is -0.332 e. The second-order valence-corrected chi connectivity index (χ2v) is 11.3. The maximum atomic E-state index is 12.7. The van der Waals surface area contributed by atoms with Gasteiger partial charge in [0.2, 0.25) is 17.7 Å². The minimum atomic E-state index is -0.402. The van der Waals surface area contributed by atoms with Crippen LogP contribution in [0.1, 0.15) is 131 Å². The lowest BCUT2D eigenvalue weighted by molar-refractivity contribution is -0.164. The molecule has 2 rings (SSSR count). The number of hydrogen-bond donors (Lipinski definition) is 0. The summed E-state index contributed by atoms with van der Waals surface area (Å²) in [6.07, 6.45) is 15.1. The molecule has 2 aliphatic heterocycles. The van der Waals surface area contributed by atoms with Crippen molar-refractivity contribution in [3.05, 3.63) is 0 Å². The van der Waals surface area contributed by atoms with Crippen molar-refractivity contribution >= 4 is 17.7 Å². The van der Waals surface area contributed by atoms with Crippen molar-refractivity contribution in [1.82, 2.24) is 9.80 Å². The van der Waals surface area contributed by atoms with Crippen LogP contribution in [0.25, 0.3) is 0 Å². The predicted molar refractivity (Wildman–Crippen MR) is 130 cm³/mol. The molecule has 0 radical (unpaired) electrons. The number of carbonyl (C=O) groups is 3. The summed E-state index contributed by atoms with van der Waals surface area (Å²) >= 11 is 0. The van der Waals surface area contributed by atoms with Gasteiger partial charge in [-0.3, -0.25) is 19.3 Å². The van der Waals surface area contributed by atoms with Crippen LogP contribution in [0.15, 0.2) is 0 Å². The molecule has 0 spiro atoms. The number of piperidine rings is 1. The number of imide groups is 1. The van der Waals surface area contributed by atoms with Gasteiger partial charge in [0, 0.05) is 42.8 Å². The molecule has 2 atom stereocenters. The van der Waals surface area contributed by atoms with Crippen LogP contribution in [0.2, 0.25) is 0 Å². The molecule has 2 unspecified atom stereocenters. The largest absolute Gasteiger partial charge is 0.332 e. The lowest BCUT2D eigenvalue weighted by Gasteiger charge is -2.60. The van der Waals surface area contributed by atoms with Gasteiger partial charge >= 0.3 is 0 Å². The van der Waals surface area contributed by atoms with E-state index in [0.717, 1.165) is 12.8 Å². The SMILES string of the molecule is CCCCCCCCCCCCC1C(N2C(=O)CCC2=O)CC(C)(C)N(C(C)=O)C1(C)C. The monoisotopic (exact) mass is 448 g/mol. The third-order valence-corrected chi connectivity index (χ3v) is 7.87. The highest BCUT2D eigenvalue weighted by molar-refractivity contribution is 6.02. The molecule has 2 fully saturated rings. The second-order valence-electron chi connectivity index (χ2n) is 11.3. The first-order valence-electron chi connectivity index (χ1n) is 13.2. The van der Waals surface area contributed by atoms with E-state index in [0.29, 0.717) is 19.3 Å². The van der Waals surface area contributed by atoms with E-state index >= 15 is 0 Å². The van der Waals surface area contributed by atoms with Crippen molar-refractivity contribution in [2.45, 2.75) is 149 Å². The van der Waals surface area contributed by atoms with Crippen molar-refractivity contribution in [2.24, 2.45) is 5.92 Å². The molecule has 32 heavy (non-hydrogen) atoms. The second kappa shape index (κ2) is 11.7. The average molecular weight is 449 g/mol. The van der Waals surface area contributed by atoms with Crippen LogP contribution < -0.4 is 0 Å². The van der Waals surface area contributed by atoms with Gasteiger partial charge in [0.15, 0.2) is 0 Å². The number of rotatable bonds is 12. The van der Waals surface area contributed by atoms with E-state index in [1.165, 1.54) is 57.8 Å². The van der Waals surface area contributed by atoms with Gasteiger partial charge in [0.05, 0.1) is 0 Å². The first-order valence-corrected chi connectivity index (χ1v) is 13.2. The fraction of sp³-hybridized carbons (Fsp3) is 0.889. The molecular weight excluding hydrogens is 400 g/mol. The van der Waals surface area contributed by atoms with Crippen molar-refractivity contribution in [3.63, 3.8) is 0 Å². The Bertz CT molecular complexity index is 639. The first kappa shape index (κ1) is 26.9. The molecule has 2 heterocycles. The lowest BCUT2D eigenvalue weighted by atomic mass is 9.67. The summed E-state index contributed by atoms with van der Waals surface area (Å²) in [4.78, 5) is 41.5. The predicted octanol–water partition coefficient (Wildman–Crippen LogP) is 6.24. The Balaban J connectivity index is 2.01. The van der Waals surface area contributed by atoms with E-state index in [2.05, 4.69) is 34.6 Å². The molecule has 5 nitrogen and oxygen atoms in total. The Labute approximate surface area is 196 Å². The van der Waals surface area contributed by atoms with Crippen LogP contribution in [0.4, 0.5) is 0 Å². The summed E-state index contributed by atoms with van der Waals surface area (Å²) in [5, 5.41) is 0.